The van der Waals surface area contributed by atoms with Gasteiger partial charge >= 0.3 is 6.36 Å². The van der Waals surface area contributed by atoms with E-state index >= 15 is 0 Å². The largest absolute Gasteiger partial charge is 0.572 e. The molecular formula is C30H34F3N5O3. The van der Waals surface area contributed by atoms with Gasteiger partial charge in [-0.25, -0.2) is 9.97 Å². The molecule has 0 spiro atoms. The highest BCUT2D eigenvalue weighted by molar-refractivity contribution is 6.05. The Morgan fingerprint density at radius 1 is 1.05 bits per heavy atom. The van der Waals surface area contributed by atoms with E-state index in [-0.39, 0.29) is 24.0 Å². The van der Waals surface area contributed by atoms with E-state index < -0.39 is 6.36 Å². The molecule has 1 unspecified atom stereocenters. The molecule has 5 heterocycles. The summed E-state index contributed by atoms with van der Waals surface area (Å²) in [6.45, 7) is 4.00. The lowest BCUT2D eigenvalue weighted by Gasteiger charge is -2.36. The number of carbonyl (C=O) groups is 1. The third-order valence-corrected chi connectivity index (χ3v) is 8.41. The first-order valence-electron chi connectivity index (χ1n) is 14.3. The number of carbonyl (C=O) groups excluding carboxylic acids is 1. The Kier molecular flexibility index (Phi) is 7.88. The van der Waals surface area contributed by atoms with Crippen molar-refractivity contribution in [2.24, 2.45) is 5.92 Å². The number of fused-ring (bicyclic) bond motifs is 3. The van der Waals surface area contributed by atoms with E-state index in [9.17, 15) is 18.0 Å². The number of hydrogen-bond donors (Lipinski definition) is 1. The van der Waals surface area contributed by atoms with Crippen molar-refractivity contribution >= 4 is 27.8 Å². The smallest absolute Gasteiger partial charge is 0.498 e. The Morgan fingerprint density at radius 3 is 2.63 bits per heavy atom. The van der Waals surface area contributed by atoms with Gasteiger partial charge in [0.1, 0.15) is 5.76 Å². The summed E-state index contributed by atoms with van der Waals surface area (Å²) >= 11 is 0. The normalized spacial score (nSPS) is 21.1. The summed E-state index contributed by atoms with van der Waals surface area (Å²) in [6, 6.07) is 4.20. The van der Waals surface area contributed by atoms with Crippen LogP contribution in [0.15, 0.2) is 54.4 Å². The highest BCUT2D eigenvalue weighted by Gasteiger charge is 2.33. The number of aromatic amines is 1. The number of amides is 1. The molecule has 2 aliphatic heterocycles. The zero-order valence-electron chi connectivity index (χ0n) is 22.8. The number of ether oxygens (including phenoxy) is 2. The monoisotopic (exact) mass is 569 g/mol. The number of alkyl halides is 3. The number of piperidine rings is 2. The van der Waals surface area contributed by atoms with Crippen molar-refractivity contribution in [1.82, 2.24) is 24.8 Å². The molecular weight excluding hydrogens is 535 g/mol. The summed E-state index contributed by atoms with van der Waals surface area (Å²) in [5, 5.41) is 2.27. The number of H-pyrrole nitrogens is 1. The Bertz CT molecular complexity index is 1460. The summed E-state index contributed by atoms with van der Waals surface area (Å²) < 4.78 is 47.1. The quantitative estimate of drug-likeness (QED) is 0.396. The van der Waals surface area contributed by atoms with Gasteiger partial charge in [0.25, 0.3) is 0 Å². The number of likely N-dealkylation sites (tertiary alicyclic amines) is 2. The Balaban J connectivity index is 0.990. The van der Waals surface area contributed by atoms with Gasteiger partial charge in [0.2, 0.25) is 5.91 Å². The van der Waals surface area contributed by atoms with Gasteiger partial charge in [0, 0.05) is 55.0 Å². The summed E-state index contributed by atoms with van der Waals surface area (Å²) in [4.78, 5) is 29.6. The molecule has 3 aliphatic rings. The Hall–Kier alpha value is -3.60. The topological polar surface area (TPSA) is 83.6 Å². The van der Waals surface area contributed by atoms with Crippen LogP contribution in [0.3, 0.4) is 0 Å². The van der Waals surface area contributed by atoms with Crippen LogP contribution in [0.2, 0.25) is 0 Å². The number of hydrogen-bond acceptors (Lipinski definition) is 6. The second-order valence-electron chi connectivity index (χ2n) is 11.2. The number of halogens is 3. The highest BCUT2D eigenvalue weighted by atomic mass is 19.4. The number of rotatable bonds is 7. The first kappa shape index (κ1) is 27.6. The fraction of sp³-hybridized carbons (Fsp3) is 0.500. The van der Waals surface area contributed by atoms with Crippen LogP contribution in [0.4, 0.5) is 13.2 Å². The maximum atomic E-state index is 13.2. The van der Waals surface area contributed by atoms with Crippen LogP contribution >= 0.6 is 0 Å². The molecule has 3 aromatic heterocycles. The van der Waals surface area contributed by atoms with E-state index in [0.717, 1.165) is 61.9 Å². The van der Waals surface area contributed by atoms with E-state index in [4.69, 9.17) is 4.74 Å². The number of aromatic nitrogens is 3. The van der Waals surface area contributed by atoms with Crippen LogP contribution in [0.5, 0.6) is 0 Å². The van der Waals surface area contributed by atoms with Crippen molar-refractivity contribution < 1.29 is 27.4 Å². The van der Waals surface area contributed by atoms with Gasteiger partial charge in [-0.1, -0.05) is 0 Å². The molecule has 0 saturated carbocycles. The summed E-state index contributed by atoms with van der Waals surface area (Å²) in [6.07, 6.45) is 8.21. The van der Waals surface area contributed by atoms with Crippen LogP contribution in [0, 0.1) is 5.92 Å². The standard InChI is InChI=1S/C30H34F3N5O3/c31-30(32,33)41-23-5-3-22(4-6-23)40-19-20-2-1-13-38(17-20)27(39)18-37-14-9-21(10-15-37)24-7-11-34-26-16-36-29-25(28(24)26)8-12-35-29/h3,5,7-8,11-12,16,20-21,34H,1-2,4,6,9-10,13-15,17-19H2. The fourth-order valence-electron chi connectivity index (χ4n) is 6.32. The van der Waals surface area contributed by atoms with Gasteiger partial charge in [-0.2, -0.15) is 0 Å². The summed E-state index contributed by atoms with van der Waals surface area (Å²) in [5.74, 6) is 1.32. The lowest BCUT2D eigenvalue weighted by Crippen LogP contribution is -2.47. The van der Waals surface area contributed by atoms with Crippen molar-refractivity contribution in [1.29, 1.82) is 0 Å². The predicted molar refractivity (Wildman–Crippen MR) is 148 cm³/mol. The second-order valence-corrected chi connectivity index (χ2v) is 11.2. The molecule has 11 heteroatoms. The Morgan fingerprint density at radius 2 is 1.85 bits per heavy atom. The minimum atomic E-state index is -4.67. The minimum absolute atomic E-state index is 0.104. The molecule has 8 nitrogen and oxygen atoms in total. The van der Waals surface area contributed by atoms with Gasteiger partial charge in [-0.05, 0) is 74.5 Å². The first-order valence-corrected chi connectivity index (χ1v) is 14.3. The molecule has 0 radical (unpaired) electrons. The first-order chi connectivity index (χ1) is 19.8. The van der Waals surface area contributed by atoms with Gasteiger partial charge in [-0.3, -0.25) is 9.69 Å². The van der Waals surface area contributed by atoms with Gasteiger partial charge in [0.15, 0.2) is 5.65 Å². The summed E-state index contributed by atoms with van der Waals surface area (Å²) in [5.41, 5.74) is 3.10. The fourth-order valence-corrected chi connectivity index (χ4v) is 6.32. The van der Waals surface area contributed by atoms with Crippen molar-refractivity contribution in [3.05, 3.63) is 60.0 Å². The molecule has 41 heavy (non-hydrogen) atoms. The predicted octanol–water partition coefficient (Wildman–Crippen LogP) is 5.64. The maximum absolute atomic E-state index is 13.2. The lowest BCUT2D eigenvalue weighted by atomic mass is 9.87. The van der Waals surface area contributed by atoms with E-state index in [2.05, 4.69) is 30.7 Å². The molecule has 6 rings (SSSR count). The van der Waals surface area contributed by atoms with Gasteiger partial charge in [0.05, 0.1) is 30.6 Å². The van der Waals surface area contributed by atoms with Crippen LogP contribution in [-0.4, -0.2) is 76.4 Å². The lowest BCUT2D eigenvalue weighted by molar-refractivity contribution is -0.306. The molecule has 2 saturated heterocycles. The molecule has 0 aromatic carbocycles. The average molecular weight is 570 g/mol. The average Bonchev–Trinajstić information content (AvgIpc) is 3.46. The van der Waals surface area contributed by atoms with Crippen molar-refractivity contribution in [2.75, 3.05) is 39.3 Å². The van der Waals surface area contributed by atoms with Crippen molar-refractivity contribution in [3.63, 3.8) is 0 Å². The van der Waals surface area contributed by atoms with Gasteiger partial charge in [-0.15, -0.1) is 13.2 Å². The third-order valence-electron chi connectivity index (χ3n) is 8.41. The molecule has 0 bridgehead atoms. The number of nitrogens with zero attached hydrogens (tertiary/aromatic N) is 4. The molecule has 1 N–H and O–H groups in total. The zero-order chi connectivity index (χ0) is 28.4. The molecule has 1 aliphatic carbocycles. The van der Waals surface area contributed by atoms with Crippen LogP contribution in [0.25, 0.3) is 21.9 Å². The van der Waals surface area contributed by atoms with Crippen molar-refractivity contribution in [3.8, 4) is 0 Å². The van der Waals surface area contributed by atoms with E-state index in [1.807, 2.05) is 23.4 Å². The number of allylic oxidation sites excluding steroid dienone is 4. The third kappa shape index (κ3) is 6.50. The number of nitrogens with one attached hydrogen (secondary N) is 1. The van der Waals surface area contributed by atoms with E-state index in [1.165, 1.54) is 17.0 Å². The van der Waals surface area contributed by atoms with Crippen LogP contribution in [0.1, 0.15) is 50.0 Å². The van der Waals surface area contributed by atoms with Crippen molar-refractivity contribution in [2.45, 2.75) is 50.8 Å². The van der Waals surface area contributed by atoms with Crippen LogP contribution < -0.4 is 0 Å². The number of pyridine rings is 2. The maximum Gasteiger partial charge on any atom is 0.572 e. The highest BCUT2D eigenvalue weighted by Crippen LogP contribution is 2.35. The van der Waals surface area contributed by atoms with Crippen LogP contribution in [-0.2, 0) is 14.3 Å². The summed E-state index contributed by atoms with van der Waals surface area (Å²) in [7, 11) is 0. The minimum Gasteiger partial charge on any atom is -0.498 e. The molecule has 1 amide bonds. The molecule has 3 aromatic rings. The SMILES string of the molecule is O=C(CN1CCC(c2cc[nH]c3cnc4nccc4c23)CC1)N1CCCC(COC2=CC=C(OC(F)(F)F)CC2)C1. The molecule has 2 fully saturated rings. The molecule has 218 valence electrons. The van der Waals surface area contributed by atoms with Gasteiger partial charge < -0.3 is 19.4 Å². The second kappa shape index (κ2) is 11.7. The zero-order valence-corrected chi connectivity index (χ0v) is 22.8. The molecule has 1 atom stereocenters. The van der Waals surface area contributed by atoms with E-state index in [0.29, 0.717) is 37.8 Å². The van der Waals surface area contributed by atoms with E-state index in [1.54, 1.807) is 12.3 Å². The Labute approximate surface area is 236 Å².